The zero-order valence-corrected chi connectivity index (χ0v) is 11.2. The molecule has 0 aliphatic carbocycles. The summed E-state index contributed by atoms with van der Waals surface area (Å²) in [4.78, 5) is -0.815. The van der Waals surface area contributed by atoms with E-state index in [-0.39, 0.29) is 0 Å². The first-order valence-corrected chi connectivity index (χ1v) is 6.81. The lowest BCUT2D eigenvalue weighted by Gasteiger charge is -2.24. The molecule has 0 aromatic heterocycles. The van der Waals surface area contributed by atoms with Crippen LogP contribution in [0, 0.1) is 0 Å². The largest absolute Gasteiger partial charge is 0.417 e. The predicted molar refractivity (Wildman–Crippen MR) is 62.9 cm³/mol. The van der Waals surface area contributed by atoms with Gasteiger partial charge in [0.2, 0.25) is 10.0 Å². The highest BCUT2D eigenvalue weighted by molar-refractivity contribution is 7.89. The van der Waals surface area contributed by atoms with Crippen LogP contribution in [0.3, 0.4) is 0 Å². The van der Waals surface area contributed by atoms with Crippen LogP contribution in [0.15, 0.2) is 29.2 Å². The van der Waals surface area contributed by atoms with Crippen molar-refractivity contribution < 1.29 is 26.7 Å². The number of alkyl halides is 3. The zero-order valence-electron chi connectivity index (χ0n) is 10.3. The average molecular weight is 297 g/mol. The number of halogens is 3. The number of sulfonamides is 1. The molecular formula is C11H14F3NO3S. The Labute approximate surface area is 109 Å². The van der Waals surface area contributed by atoms with Crippen molar-refractivity contribution in [2.45, 2.75) is 24.0 Å². The summed E-state index contributed by atoms with van der Waals surface area (Å²) < 4.78 is 63.3. The number of hydrogen-bond acceptors (Lipinski definition) is 3. The minimum absolute atomic E-state index is 0.482. The molecule has 108 valence electrons. The number of benzene rings is 1. The van der Waals surface area contributed by atoms with Gasteiger partial charge in [0.05, 0.1) is 17.1 Å². The summed E-state index contributed by atoms with van der Waals surface area (Å²) in [5, 5.41) is 8.92. The van der Waals surface area contributed by atoms with Gasteiger partial charge in [-0.1, -0.05) is 12.1 Å². The van der Waals surface area contributed by atoms with E-state index in [2.05, 4.69) is 0 Å². The Morgan fingerprint density at radius 2 is 1.84 bits per heavy atom. The van der Waals surface area contributed by atoms with Crippen LogP contribution in [0.2, 0.25) is 0 Å². The molecule has 1 aromatic carbocycles. The third kappa shape index (κ3) is 3.26. The molecule has 0 bridgehead atoms. The molecule has 0 saturated heterocycles. The summed E-state index contributed by atoms with van der Waals surface area (Å²) in [5.74, 6) is 0. The second-order valence-electron chi connectivity index (χ2n) is 4.05. The van der Waals surface area contributed by atoms with E-state index in [1.807, 2.05) is 0 Å². The number of nitrogens with zero attached hydrogens (tertiary/aromatic N) is 1. The molecule has 8 heteroatoms. The Bertz CT molecular complexity index is 542. The fourth-order valence-corrected chi connectivity index (χ4v) is 3.00. The van der Waals surface area contributed by atoms with E-state index in [9.17, 15) is 21.6 Å². The molecule has 0 saturated carbocycles. The number of likely N-dealkylation sites (N-methyl/N-ethyl adjacent to an activating group) is 1. The molecule has 0 spiro atoms. The number of rotatable bonds is 4. The highest BCUT2D eigenvalue weighted by Gasteiger charge is 2.38. The molecular weight excluding hydrogens is 283 g/mol. The van der Waals surface area contributed by atoms with E-state index < -0.39 is 39.3 Å². The average Bonchev–Trinajstić information content (AvgIpc) is 2.35. The monoisotopic (exact) mass is 297 g/mol. The molecule has 1 atom stereocenters. The summed E-state index contributed by atoms with van der Waals surface area (Å²) in [6, 6.07) is 3.14. The van der Waals surface area contributed by atoms with Crippen molar-refractivity contribution in [2.75, 3.05) is 13.7 Å². The van der Waals surface area contributed by atoms with Gasteiger partial charge in [0, 0.05) is 13.1 Å². The van der Waals surface area contributed by atoms with Crippen molar-refractivity contribution in [1.82, 2.24) is 4.31 Å². The number of aliphatic hydroxyl groups excluding tert-OH is 1. The van der Waals surface area contributed by atoms with Gasteiger partial charge in [-0.25, -0.2) is 8.42 Å². The van der Waals surface area contributed by atoms with Crippen LogP contribution in [-0.4, -0.2) is 37.5 Å². The van der Waals surface area contributed by atoms with Gasteiger partial charge in [0.1, 0.15) is 0 Å². The normalized spacial score (nSPS) is 14.7. The van der Waals surface area contributed by atoms with Crippen LogP contribution in [0.5, 0.6) is 0 Å². The van der Waals surface area contributed by atoms with Gasteiger partial charge in [-0.3, -0.25) is 0 Å². The Balaban J connectivity index is 3.38. The molecule has 0 amide bonds. The van der Waals surface area contributed by atoms with E-state index in [1.165, 1.54) is 13.0 Å². The number of aliphatic hydroxyl groups is 1. The van der Waals surface area contributed by atoms with Crippen molar-refractivity contribution in [3.63, 3.8) is 0 Å². The highest BCUT2D eigenvalue weighted by atomic mass is 32.2. The van der Waals surface area contributed by atoms with E-state index in [0.29, 0.717) is 6.07 Å². The quantitative estimate of drug-likeness (QED) is 0.920. The van der Waals surface area contributed by atoms with Crippen LogP contribution in [0.25, 0.3) is 0 Å². The van der Waals surface area contributed by atoms with E-state index in [4.69, 9.17) is 5.11 Å². The Hall–Kier alpha value is -1.12. The van der Waals surface area contributed by atoms with Crippen molar-refractivity contribution in [3.8, 4) is 0 Å². The van der Waals surface area contributed by atoms with Crippen LogP contribution in [0.4, 0.5) is 13.2 Å². The molecule has 0 heterocycles. The topological polar surface area (TPSA) is 57.6 Å². The van der Waals surface area contributed by atoms with Gasteiger partial charge < -0.3 is 5.11 Å². The van der Waals surface area contributed by atoms with Gasteiger partial charge >= 0.3 is 6.18 Å². The molecule has 1 aromatic rings. The lowest BCUT2D eigenvalue weighted by molar-refractivity contribution is -0.139. The van der Waals surface area contributed by atoms with Crippen LogP contribution in [-0.2, 0) is 16.2 Å². The van der Waals surface area contributed by atoms with Crippen LogP contribution < -0.4 is 0 Å². The summed E-state index contributed by atoms with van der Waals surface area (Å²) in [6.07, 6.45) is -4.76. The van der Waals surface area contributed by atoms with Crippen LogP contribution >= 0.6 is 0 Å². The smallest absolute Gasteiger partial charge is 0.395 e. The maximum Gasteiger partial charge on any atom is 0.417 e. The lowest BCUT2D eigenvalue weighted by Crippen LogP contribution is -2.38. The van der Waals surface area contributed by atoms with Gasteiger partial charge in [-0.2, -0.15) is 17.5 Å². The molecule has 4 nitrogen and oxygen atoms in total. The van der Waals surface area contributed by atoms with E-state index in [1.54, 1.807) is 0 Å². The second kappa shape index (κ2) is 5.48. The highest BCUT2D eigenvalue weighted by Crippen LogP contribution is 2.35. The first kappa shape index (κ1) is 15.9. The maximum atomic E-state index is 12.8. The molecule has 0 aliphatic rings. The molecule has 19 heavy (non-hydrogen) atoms. The first-order valence-electron chi connectivity index (χ1n) is 5.37. The zero-order chi connectivity index (χ0) is 14.8. The van der Waals surface area contributed by atoms with Gasteiger partial charge in [-0.15, -0.1) is 0 Å². The molecule has 0 fully saturated rings. The van der Waals surface area contributed by atoms with Crippen molar-refractivity contribution in [2.24, 2.45) is 0 Å². The molecule has 0 aliphatic heterocycles. The fourth-order valence-electron chi connectivity index (χ4n) is 1.43. The summed E-state index contributed by atoms with van der Waals surface area (Å²) in [7, 11) is -3.18. The number of hydrogen-bond donors (Lipinski definition) is 1. The molecule has 0 radical (unpaired) electrons. The first-order chi connectivity index (χ1) is 8.62. The van der Waals surface area contributed by atoms with Crippen LogP contribution in [0.1, 0.15) is 12.5 Å². The van der Waals surface area contributed by atoms with Crippen molar-refractivity contribution in [1.29, 1.82) is 0 Å². The predicted octanol–water partition coefficient (Wildman–Crippen LogP) is 1.71. The molecule has 1 rings (SSSR count). The molecule has 1 unspecified atom stereocenters. The molecule has 1 N–H and O–H groups in total. The summed E-state index contributed by atoms with van der Waals surface area (Å²) in [5.41, 5.74) is -1.22. The third-order valence-electron chi connectivity index (χ3n) is 2.73. The van der Waals surface area contributed by atoms with E-state index >= 15 is 0 Å². The Kier molecular flexibility index (Phi) is 4.59. The minimum Gasteiger partial charge on any atom is -0.395 e. The maximum absolute atomic E-state index is 12.8. The van der Waals surface area contributed by atoms with Gasteiger partial charge in [-0.05, 0) is 19.1 Å². The van der Waals surface area contributed by atoms with Crippen molar-refractivity contribution >= 4 is 10.0 Å². The Morgan fingerprint density at radius 1 is 1.32 bits per heavy atom. The van der Waals surface area contributed by atoms with Gasteiger partial charge in [0.25, 0.3) is 0 Å². The minimum atomic E-state index is -4.76. The van der Waals surface area contributed by atoms with Crippen molar-refractivity contribution in [3.05, 3.63) is 29.8 Å². The SMILES string of the molecule is CC(CO)N(C)S(=O)(=O)c1ccccc1C(F)(F)F. The van der Waals surface area contributed by atoms with E-state index in [0.717, 1.165) is 23.5 Å². The third-order valence-corrected chi connectivity index (χ3v) is 4.76. The summed E-state index contributed by atoms with van der Waals surface area (Å²) in [6.45, 7) is 0.914. The van der Waals surface area contributed by atoms with Gasteiger partial charge in [0.15, 0.2) is 0 Å². The second-order valence-corrected chi connectivity index (χ2v) is 6.01. The fraction of sp³-hybridized carbons (Fsp3) is 0.455. The summed E-state index contributed by atoms with van der Waals surface area (Å²) >= 11 is 0. The lowest BCUT2D eigenvalue weighted by atomic mass is 10.2. The Morgan fingerprint density at radius 3 is 2.32 bits per heavy atom. The standard InChI is InChI=1S/C11H14F3NO3S/c1-8(7-16)15(2)19(17,18)10-6-4-3-5-9(10)11(12,13)14/h3-6,8,16H,7H2,1-2H3.